The Hall–Kier alpha value is -1.09. The van der Waals surface area contributed by atoms with Crippen molar-refractivity contribution in [1.82, 2.24) is 9.88 Å². The number of hydrogen-bond donors (Lipinski definition) is 2. The summed E-state index contributed by atoms with van der Waals surface area (Å²) in [6, 6.07) is 3.56. The zero-order valence-corrected chi connectivity index (χ0v) is 18.0. The maximum Gasteiger partial charge on any atom is 0.267 e. The number of ether oxygens (including phenoxy) is 1. The lowest BCUT2D eigenvalue weighted by Gasteiger charge is -2.50. The van der Waals surface area contributed by atoms with Gasteiger partial charge in [0.15, 0.2) is 0 Å². The number of rotatable bonds is 4. The molecule has 2 bridgehead atoms. The third-order valence-corrected chi connectivity index (χ3v) is 7.54. The quantitative estimate of drug-likeness (QED) is 0.496. The van der Waals surface area contributed by atoms with E-state index < -0.39 is 6.10 Å². The highest BCUT2D eigenvalue weighted by atomic mass is 127. The van der Waals surface area contributed by atoms with Gasteiger partial charge in [-0.25, -0.2) is 0 Å². The van der Waals surface area contributed by atoms with Crippen LogP contribution in [0.5, 0.6) is 5.75 Å². The Morgan fingerprint density at radius 2 is 2.30 bits per heavy atom. The fourth-order valence-electron chi connectivity index (χ4n) is 4.67. The van der Waals surface area contributed by atoms with Gasteiger partial charge >= 0.3 is 0 Å². The molecule has 3 fully saturated rings. The summed E-state index contributed by atoms with van der Waals surface area (Å²) in [5.74, 6) is 1.68. The molecular weight excluding hydrogens is 479 g/mol. The van der Waals surface area contributed by atoms with Gasteiger partial charge in [0.25, 0.3) is 5.56 Å². The number of aromatic amines is 1. The Morgan fingerprint density at radius 3 is 2.93 bits per heavy atom. The summed E-state index contributed by atoms with van der Waals surface area (Å²) in [6.07, 6.45) is 3.19. The zero-order valence-electron chi connectivity index (χ0n) is 15.0. The van der Waals surface area contributed by atoms with Crippen LogP contribution in [0, 0.1) is 15.4 Å². The van der Waals surface area contributed by atoms with Crippen LogP contribution in [-0.2, 0) is 0 Å². The van der Waals surface area contributed by atoms with Gasteiger partial charge in [0.2, 0.25) is 0 Å². The Kier molecular flexibility index (Phi) is 5.26. The fourth-order valence-corrected chi connectivity index (χ4v) is 5.90. The second kappa shape index (κ2) is 7.39. The minimum atomic E-state index is -0.837. The van der Waals surface area contributed by atoms with E-state index in [1.165, 1.54) is 0 Å². The van der Waals surface area contributed by atoms with Crippen LogP contribution in [0.15, 0.2) is 29.6 Å². The highest BCUT2D eigenvalue weighted by molar-refractivity contribution is 14.1. The average Bonchev–Trinajstić information content (AvgIpc) is 2.69. The van der Waals surface area contributed by atoms with Crippen LogP contribution in [-0.4, -0.2) is 41.2 Å². The van der Waals surface area contributed by atoms with Crippen LogP contribution >= 0.6 is 34.2 Å². The Morgan fingerprint density at radius 1 is 1.52 bits per heavy atom. The zero-order chi connectivity index (χ0) is 19.3. The minimum absolute atomic E-state index is 0.0514. The van der Waals surface area contributed by atoms with Gasteiger partial charge in [-0.05, 0) is 65.9 Å². The van der Waals surface area contributed by atoms with Crippen molar-refractivity contribution in [3.63, 3.8) is 0 Å². The number of aliphatic hydroxyl groups is 1. The number of nitrogens with one attached hydrogen (secondary N) is 1. The maximum atomic E-state index is 12.4. The molecule has 144 valence electrons. The minimum Gasteiger partial charge on any atom is -0.496 e. The van der Waals surface area contributed by atoms with E-state index in [4.69, 9.17) is 16.3 Å². The van der Waals surface area contributed by atoms with Crippen molar-refractivity contribution in [3.05, 3.63) is 49.3 Å². The number of aromatic nitrogens is 1. The molecule has 2 N–H and O–H groups in total. The molecule has 2 unspecified atom stereocenters. The summed E-state index contributed by atoms with van der Waals surface area (Å²) in [7, 11) is 1.61. The summed E-state index contributed by atoms with van der Waals surface area (Å²) in [4.78, 5) is 17.5. The normalized spacial score (nSPS) is 28.3. The van der Waals surface area contributed by atoms with Gasteiger partial charge in [-0.3, -0.25) is 9.69 Å². The number of piperidine rings is 3. The molecule has 3 aliphatic heterocycles. The summed E-state index contributed by atoms with van der Waals surface area (Å²) >= 11 is 8.62. The SMILES string of the molecule is C=C[C@H]1CN2CCC1C[C@H]2[C@H](O)c1c(Cl)c(=O)[nH]c2ccc(OC)c(I)c12. The van der Waals surface area contributed by atoms with Gasteiger partial charge in [-0.15, -0.1) is 6.58 Å². The highest BCUT2D eigenvalue weighted by Crippen LogP contribution is 2.44. The molecule has 7 heteroatoms. The molecule has 5 atom stereocenters. The van der Waals surface area contributed by atoms with Gasteiger partial charge in [0.1, 0.15) is 10.8 Å². The van der Waals surface area contributed by atoms with Crippen LogP contribution in [0.2, 0.25) is 5.02 Å². The van der Waals surface area contributed by atoms with Gasteiger partial charge in [-0.2, -0.15) is 0 Å². The Balaban J connectivity index is 1.84. The van der Waals surface area contributed by atoms with Crippen molar-refractivity contribution < 1.29 is 9.84 Å². The van der Waals surface area contributed by atoms with Crippen LogP contribution in [0.1, 0.15) is 24.5 Å². The van der Waals surface area contributed by atoms with E-state index in [0.29, 0.717) is 28.7 Å². The monoisotopic (exact) mass is 500 g/mol. The number of benzene rings is 1. The second-order valence-electron chi connectivity index (χ2n) is 7.38. The van der Waals surface area contributed by atoms with Crippen molar-refractivity contribution in [3.8, 4) is 5.75 Å². The lowest BCUT2D eigenvalue weighted by molar-refractivity contribution is -0.0444. The van der Waals surface area contributed by atoms with Gasteiger partial charge in [-0.1, -0.05) is 17.7 Å². The van der Waals surface area contributed by atoms with Crippen molar-refractivity contribution in [2.24, 2.45) is 11.8 Å². The molecule has 3 aliphatic rings. The summed E-state index contributed by atoms with van der Waals surface area (Å²) in [5.41, 5.74) is 0.786. The molecule has 5 nitrogen and oxygen atoms in total. The number of fused-ring (bicyclic) bond motifs is 4. The molecule has 1 aromatic heterocycles. The largest absolute Gasteiger partial charge is 0.496 e. The first-order chi connectivity index (χ1) is 13.0. The summed E-state index contributed by atoms with van der Waals surface area (Å²) in [6.45, 7) is 5.81. The molecule has 4 heterocycles. The Labute approximate surface area is 176 Å². The fraction of sp³-hybridized carbons (Fsp3) is 0.450. The van der Waals surface area contributed by atoms with Crippen molar-refractivity contribution in [1.29, 1.82) is 0 Å². The summed E-state index contributed by atoms with van der Waals surface area (Å²) in [5, 5.41) is 12.2. The number of pyridine rings is 1. The number of H-pyrrole nitrogens is 1. The third kappa shape index (κ3) is 3.10. The standard InChI is InChI=1S/C20H22ClIN2O3/c1-3-10-9-24-7-6-11(10)8-13(24)19(25)16-15-12(23-20(26)17(16)21)4-5-14(27-2)18(15)22/h3-5,10-11,13,19,25H,1,6-9H2,2H3,(H,23,26)/t10-,11?,13-,19-/m0/s1. The number of nitrogens with zero attached hydrogens (tertiary/aromatic N) is 1. The molecule has 1 aromatic carbocycles. The van der Waals surface area contributed by atoms with Gasteiger partial charge in [0, 0.05) is 23.5 Å². The lowest BCUT2D eigenvalue weighted by Crippen LogP contribution is -2.55. The molecule has 5 rings (SSSR count). The molecule has 0 radical (unpaired) electrons. The van der Waals surface area contributed by atoms with E-state index >= 15 is 0 Å². The maximum absolute atomic E-state index is 12.4. The van der Waals surface area contributed by atoms with E-state index in [2.05, 4.69) is 39.1 Å². The van der Waals surface area contributed by atoms with Gasteiger partial charge in [0.05, 0.1) is 22.3 Å². The van der Waals surface area contributed by atoms with Crippen LogP contribution in [0.25, 0.3) is 10.9 Å². The number of halogens is 2. The van der Waals surface area contributed by atoms with E-state index in [-0.39, 0.29) is 16.6 Å². The highest BCUT2D eigenvalue weighted by Gasteiger charge is 2.43. The molecule has 0 amide bonds. The van der Waals surface area contributed by atoms with Gasteiger partial charge < -0.3 is 14.8 Å². The first-order valence-electron chi connectivity index (χ1n) is 9.08. The van der Waals surface area contributed by atoms with Crippen LogP contribution < -0.4 is 10.3 Å². The van der Waals surface area contributed by atoms with E-state index in [0.717, 1.165) is 34.9 Å². The first-order valence-corrected chi connectivity index (χ1v) is 10.5. The molecular formula is C20H22ClIN2O3. The lowest BCUT2D eigenvalue weighted by atomic mass is 9.73. The average molecular weight is 501 g/mol. The number of methoxy groups -OCH3 is 1. The molecule has 3 saturated heterocycles. The Bertz CT molecular complexity index is 960. The first kappa shape index (κ1) is 19.2. The van der Waals surface area contributed by atoms with E-state index in [1.807, 2.05) is 12.1 Å². The van der Waals surface area contributed by atoms with Crippen LogP contribution in [0.4, 0.5) is 0 Å². The third-order valence-electron chi connectivity index (χ3n) is 6.09. The number of hydrogen-bond acceptors (Lipinski definition) is 4. The van der Waals surface area contributed by atoms with Crippen molar-refractivity contribution >= 4 is 45.1 Å². The van der Waals surface area contributed by atoms with E-state index in [1.54, 1.807) is 13.2 Å². The molecule has 2 aromatic rings. The van der Waals surface area contributed by atoms with Crippen LogP contribution in [0.3, 0.4) is 0 Å². The van der Waals surface area contributed by atoms with Crippen molar-refractivity contribution in [2.75, 3.05) is 20.2 Å². The predicted octanol–water partition coefficient (Wildman–Crippen LogP) is 3.72. The topological polar surface area (TPSA) is 65.6 Å². The molecule has 0 aliphatic carbocycles. The second-order valence-corrected chi connectivity index (χ2v) is 8.83. The smallest absolute Gasteiger partial charge is 0.267 e. The molecule has 0 saturated carbocycles. The molecule has 27 heavy (non-hydrogen) atoms. The predicted molar refractivity (Wildman–Crippen MR) is 116 cm³/mol. The van der Waals surface area contributed by atoms with E-state index in [9.17, 15) is 9.90 Å². The molecule has 0 spiro atoms. The number of aliphatic hydroxyl groups excluding tert-OH is 1. The van der Waals surface area contributed by atoms with Crippen molar-refractivity contribution in [2.45, 2.75) is 25.0 Å². The summed E-state index contributed by atoms with van der Waals surface area (Å²) < 4.78 is 6.27.